The number of carboxylic acid groups (broad SMARTS) is 1. The number of ketones is 1. The van der Waals surface area contributed by atoms with E-state index in [9.17, 15) is 19.5 Å². The Morgan fingerprint density at radius 3 is 2.48 bits per heavy atom. The van der Waals surface area contributed by atoms with E-state index >= 15 is 0 Å². The summed E-state index contributed by atoms with van der Waals surface area (Å²) in [7, 11) is 0. The summed E-state index contributed by atoms with van der Waals surface area (Å²) in [5.41, 5.74) is 3.10. The van der Waals surface area contributed by atoms with Crippen molar-refractivity contribution in [1.29, 1.82) is 0 Å². The number of carbonyl (C=O) groups is 3. The molecule has 128 valence electrons. The number of carboxylic acids is 1. The highest BCUT2D eigenvalue weighted by Crippen LogP contribution is 2.34. The molecule has 5 nitrogen and oxygen atoms in total. The van der Waals surface area contributed by atoms with Gasteiger partial charge in [0.15, 0.2) is 5.78 Å². The smallest absolute Gasteiger partial charge is 0.310 e. The lowest BCUT2D eigenvalue weighted by Crippen LogP contribution is -2.14. The van der Waals surface area contributed by atoms with E-state index in [4.69, 9.17) is 4.74 Å². The van der Waals surface area contributed by atoms with Gasteiger partial charge in [0.05, 0.1) is 11.5 Å². The summed E-state index contributed by atoms with van der Waals surface area (Å²) in [6.07, 6.45) is 1.24. The number of fused-ring (bicyclic) bond motifs is 2. The summed E-state index contributed by atoms with van der Waals surface area (Å²) in [5, 5.41) is 9.29. The minimum Gasteiger partial charge on any atom is -0.481 e. The second-order valence-electron chi connectivity index (χ2n) is 6.19. The van der Waals surface area contributed by atoms with Gasteiger partial charge in [-0.2, -0.15) is 0 Å². The first kappa shape index (κ1) is 16.9. The van der Waals surface area contributed by atoms with Gasteiger partial charge in [-0.3, -0.25) is 14.4 Å². The molecule has 0 amide bonds. The first-order valence-corrected chi connectivity index (χ1v) is 8.09. The Morgan fingerprint density at radius 2 is 1.80 bits per heavy atom. The Hall–Kier alpha value is -2.95. The molecule has 0 radical (unpaired) electrons. The zero-order chi connectivity index (χ0) is 18.1. The van der Waals surface area contributed by atoms with Crippen molar-refractivity contribution in [3.63, 3.8) is 0 Å². The van der Waals surface area contributed by atoms with E-state index in [2.05, 4.69) is 0 Å². The quantitative estimate of drug-likeness (QED) is 0.687. The Kier molecular flexibility index (Phi) is 4.40. The van der Waals surface area contributed by atoms with Crippen molar-refractivity contribution < 1.29 is 24.2 Å². The van der Waals surface area contributed by atoms with Gasteiger partial charge in [-0.05, 0) is 42.5 Å². The van der Waals surface area contributed by atoms with Crippen molar-refractivity contribution >= 4 is 17.7 Å². The monoisotopic (exact) mass is 338 g/mol. The van der Waals surface area contributed by atoms with Crippen LogP contribution in [0.3, 0.4) is 0 Å². The van der Waals surface area contributed by atoms with E-state index in [0.29, 0.717) is 35.1 Å². The predicted molar refractivity (Wildman–Crippen MR) is 91.1 cm³/mol. The number of hydrogen-bond donors (Lipinski definition) is 1. The Balaban J connectivity index is 2.21. The fourth-order valence-electron chi connectivity index (χ4n) is 3.14. The van der Waals surface area contributed by atoms with Gasteiger partial charge >= 0.3 is 11.9 Å². The Labute approximate surface area is 145 Å². The molecule has 25 heavy (non-hydrogen) atoms. The molecule has 3 rings (SSSR count). The van der Waals surface area contributed by atoms with Crippen LogP contribution >= 0.6 is 0 Å². The Bertz CT molecular complexity index is 882. The van der Waals surface area contributed by atoms with Crippen molar-refractivity contribution in [1.82, 2.24) is 0 Å². The summed E-state index contributed by atoms with van der Waals surface area (Å²) < 4.78 is 5.27. The molecular formula is C20H18O5. The molecule has 1 atom stereocenters. The average Bonchev–Trinajstić information content (AvgIpc) is 2.71. The first-order chi connectivity index (χ1) is 11.9. The van der Waals surface area contributed by atoms with Gasteiger partial charge in [0, 0.05) is 12.5 Å². The van der Waals surface area contributed by atoms with Crippen LogP contribution in [0.4, 0.5) is 0 Å². The summed E-state index contributed by atoms with van der Waals surface area (Å²) in [6.45, 7) is 2.82. The normalized spacial score (nSPS) is 14.1. The van der Waals surface area contributed by atoms with Crippen LogP contribution in [0.5, 0.6) is 5.75 Å². The van der Waals surface area contributed by atoms with Crippen LogP contribution in [0.1, 0.15) is 52.4 Å². The van der Waals surface area contributed by atoms with Crippen molar-refractivity contribution in [2.45, 2.75) is 32.6 Å². The minimum atomic E-state index is -0.975. The third kappa shape index (κ3) is 3.18. The maximum Gasteiger partial charge on any atom is 0.310 e. The topological polar surface area (TPSA) is 80.7 Å². The molecule has 1 aliphatic carbocycles. The van der Waals surface area contributed by atoms with Crippen LogP contribution in [0, 0.1) is 0 Å². The largest absolute Gasteiger partial charge is 0.481 e. The lowest BCUT2D eigenvalue weighted by Gasteiger charge is -2.16. The van der Waals surface area contributed by atoms with Crippen LogP contribution in [0.15, 0.2) is 36.4 Å². The molecule has 0 saturated carbocycles. The average molecular weight is 338 g/mol. The van der Waals surface area contributed by atoms with Gasteiger partial charge in [0.1, 0.15) is 5.75 Å². The van der Waals surface area contributed by atoms with E-state index in [-0.39, 0.29) is 11.5 Å². The van der Waals surface area contributed by atoms with Crippen LogP contribution in [-0.2, 0) is 22.4 Å². The summed E-state index contributed by atoms with van der Waals surface area (Å²) in [5.74, 6) is -2.35. The first-order valence-electron chi connectivity index (χ1n) is 8.09. The van der Waals surface area contributed by atoms with E-state index in [0.717, 1.165) is 5.56 Å². The number of esters is 1. The molecular weight excluding hydrogens is 320 g/mol. The zero-order valence-electron chi connectivity index (χ0n) is 14.0. The van der Waals surface area contributed by atoms with Crippen molar-refractivity contribution in [2.75, 3.05) is 0 Å². The molecule has 2 aromatic rings. The maximum atomic E-state index is 13.0. The van der Waals surface area contributed by atoms with Gasteiger partial charge in [-0.1, -0.05) is 30.3 Å². The molecule has 0 aliphatic heterocycles. The van der Waals surface area contributed by atoms with Gasteiger partial charge in [0.25, 0.3) is 0 Å². The van der Waals surface area contributed by atoms with Crippen molar-refractivity contribution in [3.8, 4) is 5.75 Å². The minimum absolute atomic E-state index is 0.134. The third-order valence-electron chi connectivity index (χ3n) is 4.48. The number of benzene rings is 2. The summed E-state index contributed by atoms with van der Waals surface area (Å²) >= 11 is 0. The van der Waals surface area contributed by atoms with E-state index in [1.807, 2.05) is 12.1 Å². The molecule has 0 saturated heterocycles. The number of aryl methyl sites for hydroxylation is 2. The van der Waals surface area contributed by atoms with Crippen LogP contribution in [0.2, 0.25) is 0 Å². The van der Waals surface area contributed by atoms with Gasteiger partial charge < -0.3 is 9.84 Å². The molecule has 0 bridgehead atoms. The lowest BCUT2D eigenvalue weighted by molar-refractivity contribution is -0.138. The van der Waals surface area contributed by atoms with E-state index < -0.39 is 17.9 Å². The second kappa shape index (κ2) is 6.51. The highest BCUT2D eigenvalue weighted by molar-refractivity contribution is 6.13. The van der Waals surface area contributed by atoms with Gasteiger partial charge in [-0.15, -0.1) is 0 Å². The van der Waals surface area contributed by atoms with Crippen molar-refractivity contribution in [3.05, 3.63) is 64.2 Å². The van der Waals surface area contributed by atoms with Gasteiger partial charge in [-0.25, -0.2) is 0 Å². The molecule has 5 heteroatoms. The number of ether oxygens (including phenoxy) is 1. The SMILES string of the molecule is CC(=O)Oc1cc(C(C)C(=O)O)cc2c1C(=O)c1ccccc1CC2. The summed E-state index contributed by atoms with van der Waals surface area (Å²) in [4.78, 5) is 35.9. The van der Waals surface area contributed by atoms with E-state index in [1.165, 1.54) is 13.0 Å². The third-order valence-corrected chi connectivity index (χ3v) is 4.48. The predicted octanol–water partition coefficient (Wildman–Crippen LogP) is 3.13. The molecule has 1 N–H and O–H groups in total. The number of hydrogen-bond acceptors (Lipinski definition) is 4. The van der Waals surface area contributed by atoms with Gasteiger partial charge in [0.2, 0.25) is 0 Å². The molecule has 1 unspecified atom stereocenters. The fraction of sp³-hybridized carbons (Fsp3) is 0.250. The maximum absolute atomic E-state index is 13.0. The highest BCUT2D eigenvalue weighted by Gasteiger charge is 2.27. The van der Waals surface area contributed by atoms with E-state index in [1.54, 1.807) is 25.1 Å². The standard InChI is InChI=1S/C20H18O5/c1-11(20(23)24)15-9-14-8-7-13-5-3-4-6-16(13)19(22)18(14)17(10-15)25-12(2)21/h3-6,9-11H,7-8H2,1-2H3,(H,23,24). The lowest BCUT2D eigenvalue weighted by atomic mass is 9.92. The second-order valence-corrected chi connectivity index (χ2v) is 6.19. The van der Waals surface area contributed by atoms with Crippen molar-refractivity contribution in [2.24, 2.45) is 0 Å². The van der Waals surface area contributed by atoms with Crippen LogP contribution < -0.4 is 4.74 Å². The zero-order valence-corrected chi connectivity index (χ0v) is 14.0. The summed E-state index contributed by atoms with van der Waals surface area (Å²) in [6, 6.07) is 10.6. The number of carbonyl (C=O) groups excluding carboxylic acids is 2. The van der Waals surface area contributed by atoms with Crippen LogP contribution in [0.25, 0.3) is 0 Å². The molecule has 0 fully saturated rings. The van der Waals surface area contributed by atoms with Crippen LogP contribution in [-0.4, -0.2) is 22.8 Å². The number of rotatable bonds is 3. The Morgan fingerprint density at radius 1 is 1.12 bits per heavy atom. The molecule has 0 spiro atoms. The number of aliphatic carboxylic acids is 1. The fourth-order valence-corrected chi connectivity index (χ4v) is 3.14. The molecule has 2 aromatic carbocycles. The molecule has 0 heterocycles. The molecule has 0 aromatic heterocycles. The highest BCUT2D eigenvalue weighted by atomic mass is 16.5. The molecule has 1 aliphatic rings.